The number of nitrogens with one attached hydrogen (secondary N) is 1. The van der Waals surface area contributed by atoms with Gasteiger partial charge in [0, 0.05) is 37.0 Å². The van der Waals surface area contributed by atoms with Crippen LogP contribution < -0.4 is 15.1 Å². The number of pyridine rings is 1. The van der Waals surface area contributed by atoms with Gasteiger partial charge in [0.1, 0.15) is 22.6 Å². The third kappa shape index (κ3) is 10.5. The molecule has 2 heterocycles. The van der Waals surface area contributed by atoms with Crippen molar-refractivity contribution in [2.75, 3.05) is 4.90 Å². The summed E-state index contributed by atoms with van der Waals surface area (Å²) in [5.74, 6) is -2.11. The number of carbonyl (C=O) groups excluding carboxylic acids is 3. The molecule has 3 atom stereocenters. The van der Waals surface area contributed by atoms with Gasteiger partial charge in [0.25, 0.3) is 0 Å². The number of allylic oxidation sites excluding steroid dienone is 2. The van der Waals surface area contributed by atoms with E-state index >= 15 is 0 Å². The van der Waals surface area contributed by atoms with Crippen LogP contribution >= 0.6 is 11.6 Å². The second-order valence-electron chi connectivity index (χ2n) is 14.7. The molecule has 1 N–H and O–H groups in total. The number of alkyl halides is 10. The molecule has 1 aliphatic heterocycles. The zero-order valence-electron chi connectivity index (χ0n) is 32.9. The summed E-state index contributed by atoms with van der Waals surface area (Å²) in [6, 6.07) is 21.1. The molecule has 10 nitrogen and oxygen atoms in total. The molecule has 6 rings (SSSR count). The Morgan fingerprint density at radius 2 is 1.59 bits per heavy atom. The summed E-state index contributed by atoms with van der Waals surface area (Å²) in [7, 11) is 0. The van der Waals surface area contributed by atoms with Crippen molar-refractivity contribution in [2.45, 2.75) is 64.2 Å². The average molecular weight is 914 g/mol. The van der Waals surface area contributed by atoms with E-state index in [1.54, 1.807) is 62.4 Å². The van der Waals surface area contributed by atoms with Crippen molar-refractivity contribution >= 4 is 35.2 Å². The number of anilines is 1. The van der Waals surface area contributed by atoms with Gasteiger partial charge in [-0.25, -0.2) is 19.5 Å². The van der Waals surface area contributed by atoms with Gasteiger partial charge >= 0.3 is 36.2 Å². The smallest absolute Gasteiger partial charge is 0.435 e. The molecule has 0 unspecified atom stereocenters. The molecular formula is C42H34ClF10N5O5. The molecule has 1 aliphatic carbocycles. The number of halogens is 11. The minimum Gasteiger partial charge on any atom is -0.457 e. The minimum absolute atomic E-state index is 0.0124. The van der Waals surface area contributed by atoms with E-state index in [1.807, 2.05) is 24.3 Å². The first-order valence-electron chi connectivity index (χ1n) is 18.4. The average Bonchev–Trinajstić information content (AvgIpc) is 3.76. The Morgan fingerprint density at radius 1 is 0.937 bits per heavy atom. The lowest BCUT2D eigenvalue weighted by atomic mass is 9.91. The quantitative estimate of drug-likeness (QED) is 0.123. The van der Waals surface area contributed by atoms with Crippen molar-refractivity contribution in [3.8, 4) is 17.6 Å². The summed E-state index contributed by atoms with van der Waals surface area (Å²) in [5.41, 5.74) is -4.99. The first-order valence-corrected chi connectivity index (χ1v) is 18.8. The number of esters is 1. The first kappa shape index (κ1) is 47.8. The van der Waals surface area contributed by atoms with E-state index in [-0.39, 0.29) is 23.9 Å². The van der Waals surface area contributed by atoms with Crippen LogP contribution in [-0.2, 0) is 33.1 Å². The summed E-state index contributed by atoms with van der Waals surface area (Å²) in [4.78, 5) is 41.7. The maximum atomic E-state index is 14.5. The van der Waals surface area contributed by atoms with Crippen LogP contribution in [0.1, 0.15) is 49.1 Å². The molecule has 2 aliphatic rings. The maximum Gasteiger partial charge on any atom is 0.435 e. The Morgan fingerprint density at radius 3 is 2.16 bits per heavy atom. The number of nitrogens with zero attached hydrogens (tertiary/aromatic N) is 4. The van der Waals surface area contributed by atoms with Gasteiger partial charge < -0.3 is 9.47 Å². The Bertz CT molecular complexity index is 2370. The van der Waals surface area contributed by atoms with Crippen LogP contribution in [0.5, 0.6) is 11.5 Å². The number of ether oxygens (including phenoxy) is 2. The molecular weight excluding hydrogens is 880 g/mol. The second-order valence-corrected chi connectivity index (χ2v) is 15.1. The van der Waals surface area contributed by atoms with Crippen LogP contribution in [0.15, 0.2) is 108 Å². The molecule has 0 radical (unpaired) electrons. The highest BCUT2D eigenvalue weighted by molar-refractivity contribution is 6.30. The number of hydrazine groups is 1. The number of hydrogen-bond acceptors (Lipinski definition) is 8. The summed E-state index contributed by atoms with van der Waals surface area (Å²) < 4.78 is 142. The highest BCUT2D eigenvalue weighted by Gasteiger charge is 2.73. The topological polar surface area (TPSA) is 125 Å². The van der Waals surface area contributed by atoms with Crippen LogP contribution in [-0.4, -0.2) is 46.4 Å². The van der Waals surface area contributed by atoms with Crippen molar-refractivity contribution in [1.82, 2.24) is 15.4 Å². The van der Waals surface area contributed by atoms with Gasteiger partial charge in [-0.1, -0.05) is 74.0 Å². The maximum absolute atomic E-state index is 14.5. The molecule has 1 saturated carbocycles. The number of para-hydroxylation sites is 1. The number of benzene rings is 3. The van der Waals surface area contributed by atoms with Gasteiger partial charge in [-0.15, -0.1) is 0 Å². The Kier molecular flexibility index (Phi) is 13.9. The molecule has 3 aromatic carbocycles. The lowest BCUT2D eigenvalue weighted by molar-refractivity contribution is -0.348. The minimum atomic E-state index is -6.29. The highest BCUT2D eigenvalue weighted by atomic mass is 35.5. The van der Waals surface area contributed by atoms with E-state index in [0.29, 0.717) is 39.7 Å². The number of imide groups is 1. The van der Waals surface area contributed by atoms with Gasteiger partial charge in [-0.2, -0.15) is 44.8 Å². The number of amides is 3. The van der Waals surface area contributed by atoms with Crippen LogP contribution in [0.3, 0.4) is 0 Å². The van der Waals surface area contributed by atoms with E-state index in [2.05, 4.69) is 10.4 Å². The fraction of sp³-hybridized carbons (Fsp3) is 0.310. The normalized spacial score (nSPS) is 18.0. The SMILES string of the molecule is CC(=O)N1C(=O)N(NCc2cccnc2)Cc2cc(C(F)(C(F)(F)F)C(F)(F)F)ccc21.CC1(C)[C@H](C(=O)O[C@H](C#N)c2cccc(Oc3ccccc3)c2)[C@@H]1/C=C(\Cl)C(F)(F)F. The molecule has 21 heteroatoms. The predicted molar refractivity (Wildman–Crippen MR) is 205 cm³/mol. The third-order valence-electron chi connectivity index (χ3n) is 10.0. The van der Waals surface area contributed by atoms with Crippen LogP contribution in [0, 0.1) is 28.6 Å². The van der Waals surface area contributed by atoms with E-state index in [1.165, 1.54) is 12.4 Å². The Labute approximate surface area is 357 Å². The van der Waals surface area contributed by atoms with Gasteiger partial charge in [0.05, 0.1) is 18.2 Å². The number of rotatable bonds is 10. The van der Waals surface area contributed by atoms with Crippen molar-refractivity contribution in [3.05, 3.63) is 131 Å². The molecule has 0 spiro atoms. The molecule has 0 saturated heterocycles. The summed E-state index contributed by atoms with van der Waals surface area (Å²) in [5, 5.41) is 9.07. The van der Waals surface area contributed by atoms with E-state index in [4.69, 9.17) is 21.1 Å². The highest BCUT2D eigenvalue weighted by Crippen LogP contribution is 2.61. The van der Waals surface area contributed by atoms with Gasteiger partial charge in [-0.05, 0) is 64.9 Å². The number of hydrogen-bond donors (Lipinski definition) is 1. The van der Waals surface area contributed by atoms with Gasteiger partial charge in [0.15, 0.2) is 0 Å². The van der Waals surface area contributed by atoms with Gasteiger partial charge in [-0.3, -0.25) is 19.6 Å². The summed E-state index contributed by atoms with van der Waals surface area (Å²) in [6.45, 7) is 3.79. The predicted octanol–water partition coefficient (Wildman–Crippen LogP) is 10.9. The fourth-order valence-corrected chi connectivity index (χ4v) is 6.76. The summed E-state index contributed by atoms with van der Waals surface area (Å²) >= 11 is 5.32. The zero-order chi connectivity index (χ0) is 46.7. The zero-order valence-corrected chi connectivity index (χ0v) is 33.7. The molecule has 334 valence electrons. The lowest BCUT2D eigenvalue weighted by Crippen LogP contribution is -2.54. The fourth-order valence-electron chi connectivity index (χ4n) is 6.63. The molecule has 63 heavy (non-hydrogen) atoms. The molecule has 1 fully saturated rings. The number of nitriles is 1. The Hall–Kier alpha value is -6.20. The van der Waals surface area contributed by atoms with E-state index in [9.17, 15) is 63.5 Å². The number of carbonyl (C=O) groups is 3. The third-order valence-corrected chi connectivity index (χ3v) is 10.4. The summed E-state index contributed by atoms with van der Waals surface area (Å²) in [6.07, 6.45) is -14.7. The second kappa shape index (κ2) is 18.3. The molecule has 0 bridgehead atoms. The number of urea groups is 1. The van der Waals surface area contributed by atoms with E-state index < -0.39 is 82.6 Å². The molecule has 1 aromatic heterocycles. The Balaban J connectivity index is 0.000000238. The van der Waals surface area contributed by atoms with E-state index in [0.717, 1.165) is 18.0 Å². The van der Waals surface area contributed by atoms with Crippen molar-refractivity contribution < 1.29 is 67.8 Å². The lowest BCUT2D eigenvalue weighted by Gasteiger charge is -2.37. The van der Waals surface area contributed by atoms with Crippen LogP contribution in [0.2, 0.25) is 0 Å². The molecule has 4 aromatic rings. The van der Waals surface area contributed by atoms with Crippen molar-refractivity contribution in [3.63, 3.8) is 0 Å². The first-order chi connectivity index (χ1) is 29.3. The van der Waals surface area contributed by atoms with Gasteiger partial charge in [0.2, 0.25) is 12.0 Å². The largest absolute Gasteiger partial charge is 0.457 e. The monoisotopic (exact) mass is 913 g/mol. The number of aromatic nitrogens is 1. The van der Waals surface area contributed by atoms with Crippen LogP contribution in [0.25, 0.3) is 0 Å². The molecule has 3 amide bonds. The number of fused-ring (bicyclic) bond motifs is 1. The van der Waals surface area contributed by atoms with Crippen molar-refractivity contribution in [1.29, 1.82) is 5.26 Å². The standard InChI is InChI=1S/C23H19ClF3NO3.C19H15F7N4O2/c1-22(2)17(12-19(24)23(25,26)27)20(22)21(29)31-18(13-28)14-7-6-10-16(11-14)30-15-8-4-3-5-9-15;1-11(31)30-15-5-4-14(17(20,18(21,22)23)19(24,25)26)7-13(15)10-29(16(30)32)28-9-12-3-2-6-27-8-12/h3-12,17-18,20H,1-2H3;2-8,28H,9-10H2,1H3/b19-12-;/t17-,18+,20-;/m0./s1. The van der Waals surface area contributed by atoms with Crippen molar-refractivity contribution in [2.24, 2.45) is 17.3 Å². The van der Waals surface area contributed by atoms with Crippen LogP contribution in [0.4, 0.5) is 54.4 Å².